The quantitative estimate of drug-likeness (QED) is 0.202. The number of anilines is 1. The third-order valence-corrected chi connectivity index (χ3v) is 12.5. The Kier molecular flexibility index (Phi) is 10.9. The van der Waals surface area contributed by atoms with Gasteiger partial charge in [0.25, 0.3) is 0 Å². The van der Waals surface area contributed by atoms with Crippen LogP contribution in [0.1, 0.15) is 50.5 Å². The van der Waals surface area contributed by atoms with Crippen LogP contribution in [0.25, 0.3) is 0 Å². The number of imidazole rings is 1. The molecule has 2 aliphatic heterocycles. The number of hydrogen-bond acceptors (Lipinski definition) is 8. The average molecular weight is 767 g/mol. The van der Waals surface area contributed by atoms with Crippen LogP contribution >= 0.6 is 23.2 Å². The lowest BCUT2D eigenvalue weighted by atomic mass is 9.49. The topological polar surface area (TPSA) is 107 Å². The molecule has 0 spiro atoms. The largest absolute Gasteiger partial charge is 0.491 e. The second-order valence-corrected chi connectivity index (χ2v) is 16.7. The molecule has 2 aromatic carbocycles. The van der Waals surface area contributed by atoms with Crippen molar-refractivity contribution < 1.29 is 28.5 Å². The zero-order chi connectivity index (χ0) is 36.4. The number of piperazine rings is 1. The lowest BCUT2D eigenvalue weighted by molar-refractivity contribution is -0.189. The first-order chi connectivity index (χ1) is 25.7. The second-order valence-electron chi connectivity index (χ2n) is 15.8. The van der Waals surface area contributed by atoms with Crippen LogP contribution in [0.2, 0.25) is 10.0 Å². The molecule has 2 atom stereocenters. The molecule has 4 bridgehead atoms. The molecule has 0 radical (unpaired) electrons. The van der Waals surface area contributed by atoms with E-state index in [2.05, 4.69) is 15.2 Å². The number of nitrogens with one attached hydrogen (secondary N) is 1. The molecule has 3 aromatic rings. The van der Waals surface area contributed by atoms with Crippen LogP contribution in [-0.2, 0) is 36.1 Å². The van der Waals surface area contributed by atoms with Crippen molar-refractivity contribution in [3.63, 3.8) is 0 Å². The van der Waals surface area contributed by atoms with Gasteiger partial charge in [0.1, 0.15) is 25.1 Å². The number of halogens is 2. The first-order valence-electron chi connectivity index (χ1n) is 19.1. The summed E-state index contributed by atoms with van der Waals surface area (Å²) in [5.74, 6) is 2.27. The normalized spacial score (nSPS) is 29.1. The van der Waals surface area contributed by atoms with Crippen molar-refractivity contribution >= 4 is 40.7 Å². The van der Waals surface area contributed by atoms with Crippen molar-refractivity contribution in [3.05, 3.63) is 76.8 Å². The molecule has 6 fully saturated rings. The number of rotatable bonds is 14. The Labute approximate surface area is 321 Å². The highest BCUT2D eigenvalue weighted by atomic mass is 35.5. The van der Waals surface area contributed by atoms with Crippen molar-refractivity contribution in [1.29, 1.82) is 0 Å². The Hall–Kier alpha value is -3.35. The monoisotopic (exact) mass is 765 g/mol. The van der Waals surface area contributed by atoms with Crippen LogP contribution in [0.4, 0.5) is 5.69 Å². The van der Waals surface area contributed by atoms with Crippen molar-refractivity contribution in [2.75, 3.05) is 64.1 Å². The number of amides is 2. The molecule has 284 valence electrons. The number of benzene rings is 2. The molecule has 2 amide bonds. The van der Waals surface area contributed by atoms with Crippen LogP contribution in [0.15, 0.2) is 61.2 Å². The van der Waals surface area contributed by atoms with Crippen molar-refractivity contribution in [1.82, 2.24) is 19.8 Å². The summed E-state index contributed by atoms with van der Waals surface area (Å²) in [4.78, 5) is 33.9. The summed E-state index contributed by atoms with van der Waals surface area (Å²) in [7, 11) is 0. The fourth-order valence-corrected chi connectivity index (χ4v) is 10.5. The summed E-state index contributed by atoms with van der Waals surface area (Å²) in [6.07, 6.45) is 13.4. The number of nitrogens with zero attached hydrogens (tertiary/aromatic N) is 4. The summed E-state index contributed by atoms with van der Waals surface area (Å²) < 4.78 is 26.5. The minimum atomic E-state index is -1.11. The summed E-state index contributed by atoms with van der Waals surface area (Å²) in [5.41, 5.74) is 2.00. The maximum atomic E-state index is 12.9. The molecular formula is C40H49Cl2N5O6. The van der Waals surface area contributed by atoms with E-state index in [0.29, 0.717) is 68.0 Å². The fraction of sp³-hybridized carbons (Fsp3) is 0.575. The van der Waals surface area contributed by atoms with E-state index in [1.165, 1.54) is 38.5 Å². The summed E-state index contributed by atoms with van der Waals surface area (Å²) in [6, 6.07) is 13.3. The van der Waals surface area contributed by atoms with Crippen LogP contribution in [0, 0.1) is 23.2 Å². The predicted molar refractivity (Wildman–Crippen MR) is 201 cm³/mol. The van der Waals surface area contributed by atoms with Crippen LogP contribution in [0.5, 0.6) is 5.75 Å². The van der Waals surface area contributed by atoms with Gasteiger partial charge >= 0.3 is 0 Å². The van der Waals surface area contributed by atoms with Crippen LogP contribution in [-0.4, -0.2) is 91.5 Å². The van der Waals surface area contributed by atoms with Gasteiger partial charge in [0.05, 0.1) is 31.1 Å². The van der Waals surface area contributed by atoms with Crippen molar-refractivity contribution in [3.8, 4) is 5.75 Å². The fourth-order valence-electron chi connectivity index (χ4n) is 9.95. The maximum absolute atomic E-state index is 12.9. The van der Waals surface area contributed by atoms with E-state index in [1.807, 2.05) is 46.0 Å². The molecule has 0 unspecified atom stereocenters. The molecule has 53 heavy (non-hydrogen) atoms. The molecule has 3 heterocycles. The van der Waals surface area contributed by atoms with Crippen molar-refractivity contribution in [2.24, 2.45) is 23.2 Å². The van der Waals surface area contributed by atoms with Gasteiger partial charge < -0.3 is 38.6 Å². The number of ether oxygens (including phenoxy) is 4. The van der Waals surface area contributed by atoms with Crippen LogP contribution in [0.3, 0.4) is 0 Å². The Morgan fingerprint density at radius 2 is 1.70 bits per heavy atom. The molecular weight excluding hydrogens is 717 g/mol. The second kappa shape index (κ2) is 15.8. The first-order valence-corrected chi connectivity index (χ1v) is 19.8. The highest BCUT2D eigenvalue weighted by molar-refractivity contribution is 6.35. The molecule has 4 saturated carbocycles. The van der Waals surface area contributed by atoms with Gasteiger partial charge in [0, 0.05) is 67.8 Å². The van der Waals surface area contributed by atoms with Gasteiger partial charge in [0.2, 0.25) is 17.6 Å². The van der Waals surface area contributed by atoms with Gasteiger partial charge in [-0.1, -0.05) is 29.3 Å². The molecule has 11 nitrogen and oxygen atoms in total. The van der Waals surface area contributed by atoms with Gasteiger partial charge in [-0.25, -0.2) is 4.98 Å². The molecule has 13 heteroatoms. The molecule has 6 aliphatic rings. The number of aromatic nitrogens is 2. The zero-order valence-electron chi connectivity index (χ0n) is 30.1. The number of carbonyl (C=O) groups excluding carboxylic acids is 2. The lowest BCUT2D eigenvalue weighted by Gasteiger charge is -2.56. The Bertz CT molecular complexity index is 1700. The van der Waals surface area contributed by atoms with E-state index in [4.69, 9.17) is 42.1 Å². The smallest absolute Gasteiger partial charge is 0.248 e. The van der Waals surface area contributed by atoms with Gasteiger partial charge in [-0.05, 0) is 98.1 Å². The van der Waals surface area contributed by atoms with Gasteiger partial charge in [0.15, 0.2) is 0 Å². The molecule has 1 N–H and O–H groups in total. The maximum Gasteiger partial charge on any atom is 0.248 e. The Morgan fingerprint density at radius 1 is 0.962 bits per heavy atom. The first kappa shape index (κ1) is 36.6. The molecule has 2 saturated heterocycles. The highest BCUT2D eigenvalue weighted by Gasteiger charge is 2.51. The van der Waals surface area contributed by atoms with E-state index in [9.17, 15) is 9.59 Å². The van der Waals surface area contributed by atoms with E-state index in [1.54, 1.807) is 24.7 Å². The van der Waals surface area contributed by atoms with E-state index in [-0.39, 0.29) is 29.9 Å². The minimum Gasteiger partial charge on any atom is -0.491 e. The molecule has 4 aliphatic carbocycles. The van der Waals surface area contributed by atoms with E-state index < -0.39 is 5.79 Å². The zero-order valence-corrected chi connectivity index (χ0v) is 31.6. The Morgan fingerprint density at radius 3 is 2.38 bits per heavy atom. The third-order valence-electron chi connectivity index (χ3n) is 11.9. The Balaban J connectivity index is 0.738. The summed E-state index contributed by atoms with van der Waals surface area (Å²) in [6.45, 7) is 4.52. The van der Waals surface area contributed by atoms with Gasteiger partial charge in [-0.15, -0.1) is 0 Å². The van der Waals surface area contributed by atoms with Crippen molar-refractivity contribution in [2.45, 2.75) is 63.4 Å². The van der Waals surface area contributed by atoms with Gasteiger partial charge in [-0.3, -0.25) is 9.59 Å². The van der Waals surface area contributed by atoms with E-state index in [0.717, 1.165) is 42.3 Å². The average Bonchev–Trinajstić information content (AvgIpc) is 3.80. The SMILES string of the molecule is O=C(CC12CC3CC(CC(C3)C1)C2)NCCOCC(=O)N1CCN(c2ccc(OC[C@H]3CO[C@](Cn4ccnc4)(c4ccc(Cl)cc4Cl)O3)cc2)CC1. The van der Waals surface area contributed by atoms with E-state index >= 15 is 0 Å². The lowest BCUT2D eigenvalue weighted by Crippen LogP contribution is -2.50. The third kappa shape index (κ3) is 8.49. The standard InChI is InChI=1S/C40H49Cl2N5O6/c41-31-1-6-35(36(42)18-31)40(26-45-9-7-43-27-45)52-24-34(53-40)23-51-33-4-2-32(3-5-33)46-10-12-47(13-11-46)38(49)25-50-14-8-44-37(48)22-39-19-28-15-29(20-39)17-30(16-28)21-39/h1-7,9,18,27-30,34H,8,10-17,19-26H2,(H,44,48)/t28?,29?,30?,34-,39?,40-/m0/s1. The van der Waals surface area contributed by atoms with Crippen LogP contribution < -0.4 is 15.0 Å². The molecule has 1 aromatic heterocycles. The summed E-state index contributed by atoms with van der Waals surface area (Å²) in [5, 5.41) is 4.05. The number of hydrogen-bond donors (Lipinski definition) is 1. The molecule has 9 rings (SSSR count). The number of carbonyl (C=O) groups is 2. The van der Waals surface area contributed by atoms with Gasteiger partial charge in [-0.2, -0.15) is 0 Å². The highest BCUT2D eigenvalue weighted by Crippen LogP contribution is 2.61. The summed E-state index contributed by atoms with van der Waals surface area (Å²) >= 11 is 12.8. The minimum absolute atomic E-state index is 0.0150. The predicted octanol–water partition coefficient (Wildman–Crippen LogP) is 5.93.